The molecule has 0 aliphatic heterocycles. The molecule has 2 aromatic heterocycles. The summed E-state index contributed by atoms with van der Waals surface area (Å²) in [7, 11) is 0. The van der Waals surface area contributed by atoms with E-state index in [-0.39, 0.29) is 11.3 Å². The zero-order valence-corrected chi connectivity index (χ0v) is 13.7. The summed E-state index contributed by atoms with van der Waals surface area (Å²) in [6.07, 6.45) is 0. The van der Waals surface area contributed by atoms with E-state index in [1.54, 1.807) is 18.3 Å². The minimum atomic E-state index is -0.0135. The second-order valence-electron chi connectivity index (χ2n) is 6.09. The molecule has 0 amide bonds. The Kier molecular flexibility index (Phi) is 3.73. The molecule has 0 aliphatic rings. The topological polar surface area (TPSA) is 57.8 Å². The lowest BCUT2D eigenvalue weighted by Crippen LogP contribution is -2.25. The van der Waals surface area contributed by atoms with Crippen LogP contribution in [-0.2, 0) is 0 Å². The maximum absolute atomic E-state index is 11.7. The van der Waals surface area contributed by atoms with E-state index >= 15 is 0 Å². The molecule has 0 spiro atoms. The molecule has 0 aromatic carbocycles. The number of thiazole rings is 1. The van der Waals surface area contributed by atoms with Crippen molar-refractivity contribution in [3.8, 4) is 11.4 Å². The lowest BCUT2D eigenvalue weighted by molar-refractivity contribution is 0.101. The molecule has 20 heavy (non-hydrogen) atoms. The first-order chi connectivity index (χ1) is 9.19. The molecule has 0 atom stereocenters. The Bertz CT molecular complexity index is 647. The minimum Gasteiger partial charge on any atom is -0.357 e. The van der Waals surface area contributed by atoms with Crippen LogP contribution in [0.2, 0.25) is 0 Å². The molecule has 0 radical (unpaired) electrons. The number of aryl methyl sites for hydroxylation is 1. The summed E-state index contributed by atoms with van der Waals surface area (Å²) < 4.78 is 0. The molecule has 0 saturated heterocycles. The number of rotatable bonds is 3. The largest absolute Gasteiger partial charge is 0.357 e. The molecular formula is C15H21N3OS. The zero-order chi connectivity index (χ0) is 15.1. The van der Waals surface area contributed by atoms with Crippen molar-refractivity contribution in [1.82, 2.24) is 9.97 Å². The van der Waals surface area contributed by atoms with E-state index in [2.05, 4.69) is 36.1 Å². The van der Waals surface area contributed by atoms with Gasteiger partial charge in [0.05, 0.1) is 5.69 Å². The molecular weight excluding hydrogens is 270 g/mol. The van der Waals surface area contributed by atoms with Gasteiger partial charge in [0.15, 0.2) is 10.9 Å². The second kappa shape index (κ2) is 5.05. The van der Waals surface area contributed by atoms with E-state index in [0.29, 0.717) is 0 Å². The Morgan fingerprint density at radius 1 is 1.35 bits per heavy atom. The molecule has 2 N–H and O–H groups in total. The Morgan fingerprint density at radius 3 is 2.50 bits per heavy atom. The summed E-state index contributed by atoms with van der Waals surface area (Å²) in [6, 6.07) is 0. The summed E-state index contributed by atoms with van der Waals surface area (Å²) in [5, 5.41) is 6.26. The van der Waals surface area contributed by atoms with Gasteiger partial charge in [0.2, 0.25) is 0 Å². The fraction of sp³-hybridized carbons (Fsp3) is 0.467. The molecule has 0 fully saturated rings. The van der Waals surface area contributed by atoms with Crippen molar-refractivity contribution in [2.75, 3.05) is 5.32 Å². The van der Waals surface area contributed by atoms with Gasteiger partial charge in [-0.3, -0.25) is 4.79 Å². The van der Waals surface area contributed by atoms with E-state index in [9.17, 15) is 4.79 Å². The van der Waals surface area contributed by atoms with E-state index in [4.69, 9.17) is 0 Å². The summed E-state index contributed by atoms with van der Waals surface area (Å²) in [4.78, 5) is 19.6. The highest BCUT2D eigenvalue weighted by Crippen LogP contribution is 2.31. The number of anilines is 1. The van der Waals surface area contributed by atoms with Gasteiger partial charge in [-0.15, -0.1) is 11.3 Å². The SMILES string of the molecule is CC(=O)c1c(C)[nH]c(-c2csc(NC(C)(C)C)n2)c1C. The first-order valence-electron chi connectivity index (χ1n) is 6.63. The summed E-state index contributed by atoms with van der Waals surface area (Å²) in [6.45, 7) is 11.8. The van der Waals surface area contributed by atoms with Crippen molar-refractivity contribution in [1.29, 1.82) is 0 Å². The van der Waals surface area contributed by atoms with Crippen LogP contribution in [-0.4, -0.2) is 21.3 Å². The van der Waals surface area contributed by atoms with Gasteiger partial charge in [-0.2, -0.15) is 0 Å². The number of Topliss-reactive ketones (excluding diaryl/α,β-unsaturated/α-hetero) is 1. The van der Waals surface area contributed by atoms with Gasteiger partial charge in [0.1, 0.15) is 5.69 Å². The monoisotopic (exact) mass is 291 g/mol. The predicted octanol–water partition coefficient (Wildman–Crippen LogP) is 4.17. The van der Waals surface area contributed by atoms with Gasteiger partial charge >= 0.3 is 0 Å². The van der Waals surface area contributed by atoms with Crippen LogP contribution in [0.1, 0.15) is 49.3 Å². The van der Waals surface area contributed by atoms with Crippen LogP contribution in [0.4, 0.5) is 5.13 Å². The second-order valence-corrected chi connectivity index (χ2v) is 6.95. The average Bonchev–Trinajstić information content (AvgIpc) is 2.81. The molecule has 0 aliphatic carbocycles. The maximum Gasteiger partial charge on any atom is 0.183 e. The lowest BCUT2D eigenvalue weighted by atomic mass is 10.1. The van der Waals surface area contributed by atoms with Crippen molar-refractivity contribution in [3.05, 3.63) is 22.2 Å². The normalized spacial score (nSPS) is 11.7. The molecule has 0 saturated carbocycles. The van der Waals surface area contributed by atoms with Crippen LogP contribution in [0.15, 0.2) is 5.38 Å². The number of aromatic nitrogens is 2. The van der Waals surface area contributed by atoms with E-state index in [0.717, 1.165) is 33.3 Å². The molecule has 2 rings (SSSR count). The van der Waals surface area contributed by atoms with Gasteiger partial charge < -0.3 is 10.3 Å². The Labute approximate surface area is 123 Å². The molecule has 108 valence electrons. The van der Waals surface area contributed by atoms with Gasteiger partial charge in [-0.25, -0.2) is 4.98 Å². The Balaban J connectivity index is 2.38. The number of hydrogen-bond donors (Lipinski definition) is 2. The van der Waals surface area contributed by atoms with Crippen LogP contribution in [0.3, 0.4) is 0 Å². The molecule has 4 nitrogen and oxygen atoms in total. The van der Waals surface area contributed by atoms with E-state index in [1.165, 1.54) is 0 Å². The van der Waals surface area contributed by atoms with Crippen molar-refractivity contribution in [2.45, 2.75) is 47.1 Å². The third-order valence-corrected chi connectivity index (χ3v) is 3.79. The standard InChI is InChI=1S/C15H21N3OS/c1-8-12(10(3)19)9(2)16-13(8)11-7-20-14(17-11)18-15(4,5)6/h7,16H,1-6H3,(H,17,18). The first kappa shape index (κ1) is 14.8. The number of H-pyrrole nitrogens is 1. The van der Waals surface area contributed by atoms with Crippen molar-refractivity contribution in [3.63, 3.8) is 0 Å². The molecule has 2 aromatic rings. The fourth-order valence-corrected chi connectivity index (χ4v) is 3.21. The first-order valence-corrected chi connectivity index (χ1v) is 7.51. The fourth-order valence-electron chi connectivity index (χ4n) is 2.30. The number of nitrogens with zero attached hydrogens (tertiary/aromatic N) is 1. The molecule has 0 unspecified atom stereocenters. The van der Waals surface area contributed by atoms with E-state index < -0.39 is 0 Å². The van der Waals surface area contributed by atoms with Crippen molar-refractivity contribution < 1.29 is 4.79 Å². The third kappa shape index (κ3) is 2.93. The van der Waals surface area contributed by atoms with Gasteiger partial charge in [0.25, 0.3) is 0 Å². The van der Waals surface area contributed by atoms with Gasteiger partial charge in [0, 0.05) is 22.2 Å². The maximum atomic E-state index is 11.7. The number of aromatic amines is 1. The Morgan fingerprint density at radius 2 is 2.00 bits per heavy atom. The highest BCUT2D eigenvalue weighted by molar-refractivity contribution is 7.14. The van der Waals surface area contributed by atoms with Crippen molar-refractivity contribution in [2.24, 2.45) is 0 Å². The molecule has 5 heteroatoms. The quantitative estimate of drug-likeness (QED) is 0.834. The highest BCUT2D eigenvalue weighted by Gasteiger charge is 2.19. The van der Waals surface area contributed by atoms with Crippen LogP contribution in [0, 0.1) is 13.8 Å². The number of hydrogen-bond acceptors (Lipinski definition) is 4. The molecule has 0 bridgehead atoms. The van der Waals surface area contributed by atoms with Crippen molar-refractivity contribution >= 4 is 22.3 Å². The summed E-state index contributed by atoms with van der Waals surface area (Å²) in [5.74, 6) is 0.0887. The number of nitrogens with one attached hydrogen (secondary N) is 2. The van der Waals surface area contributed by atoms with Crippen LogP contribution in [0.5, 0.6) is 0 Å². The van der Waals surface area contributed by atoms with Crippen LogP contribution < -0.4 is 5.32 Å². The summed E-state index contributed by atoms with van der Waals surface area (Å²) in [5.41, 5.74) is 4.46. The average molecular weight is 291 g/mol. The Hall–Kier alpha value is -1.62. The minimum absolute atomic E-state index is 0.0135. The smallest absolute Gasteiger partial charge is 0.183 e. The third-order valence-electron chi connectivity index (χ3n) is 3.03. The zero-order valence-electron chi connectivity index (χ0n) is 12.8. The van der Waals surface area contributed by atoms with Crippen LogP contribution in [0.25, 0.3) is 11.4 Å². The highest BCUT2D eigenvalue weighted by atomic mass is 32.1. The summed E-state index contributed by atoms with van der Waals surface area (Å²) >= 11 is 1.58. The lowest BCUT2D eigenvalue weighted by Gasteiger charge is -2.19. The van der Waals surface area contributed by atoms with Crippen LogP contribution >= 0.6 is 11.3 Å². The number of ketones is 1. The number of carbonyl (C=O) groups is 1. The van der Waals surface area contributed by atoms with Gasteiger partial charge in [-0.05, 0) is 47.1 Å². The number of carbonyl (C=O) groups excluding carboxylic acids is 1. The predicted molar refractivity (Wildman–Crippen MR) is 84.8 cm³/mol. The van der Waals surface area contributed by atoms with Gasteiger partial charge in [-0.1, -0.05) is 0 Å². The molecule has 2 heterocycles. The van der Waals surface area contributed by atoms with E-state index in [1.807, 2.05) is 19.2 Å².